The van der Waals surface area contributed by atoms with E-state index in [1.54, 1.807) is 11.3 Å². The Morgan fingerprint density at radius 3 is 2.44 bits per heavy atom. The van der Waals surface area contributed by atoms with Crippen molar-refractivity contribution in [2.75, 3.05) is 31.1 Å². The van der Waals surface area contributed by atoms with Crippen LogP contribution in [-0.4, -0.2) is 50.2 Å². The van der Waals surface area contributed by atoms with Gasteiger partial charge in [-0.3, -0.25) is 9.69 Å². The Kier molecular flexibility index (Phi) is 3.89. The van der Waals surface area contributed by atoms with Crippen molar-refractivity contribution in [1.29, 1.82) is 0 Å². The molecular weight excluding hydrogens is 270 g/mol. The minimum atomic E-state index is -2.87. The molecule has 2 rings (SSSR count). The third-order valence-corrected chi connectivity index (χ3v) is 5.72. The van der Waals surface area contributed by atoms with E-state index in [1.807, 2.05) is 24.8 Å². The first-order chi connectivity index (χ1) is 8.37. The number of ketones is 1. The van der Waals surface area contributed by atoms with E-state index in [9.17, 15) is 13.2 Å². The van der Waals surface area contributed by atoms with E-state index in [2.05, 4.69) is 0 Å². The highest BCUT2D eigenvalue weighted by Crippen LogP contribution is 2.21. The van der Waals surface area contributed by atoms with E-state index in [4.69, 9.17) is 0 Å². The molecule has 0 amide bonds. The number of Topliss-reactive ketones (excluding diaryl/α,β-unsaturated/α-hetero) is 1. The van der Waals surface area contributed by atoms with Crippen molar-refractivity contribution < 1.29 is 13.2 Å². The molecule has 0 saturated carbocycles. The van der Waals surface area contributed by atoms with Gasteiger partial charge in [0.05, 0.1) is 18.1 Å². The smallest absolute Gasteiger partial charge is 0.177 e. The van der Waals surface area contributed by atoms with E-state index >= 15 is 0 Å². The number of nitrogens with zero attached hydrogens (tertiary/aromatic N) is 1. The lowest BCUT2D eigenvalue weighted by atomic mass is 10.1. The van der Waals surface area contributed by atoms with E-state index in [-0.39, 0.29) is 17.3 Å². The summed E-state index contributed by atoms with van der Waals surface area (Å²) < 4.78 is 22.6. The first kappa shape index (κ1) is 13.7. The van der Waals surface area contributed by atoms with Crippen molar-refractivity contribution in [1.82, 2.24) is 4.90 Å². The van der Waals surface area contributed by atoms with Crippen molar-refractivity contribution in [3.63, 3.8) is 0 Å². The fraction of sp³-hybridized carbons (Fsp3) is 0.583. The average molecular weight is 287 g/mol. The number of rotatable bonds is 3. The van der Waals surface area contributed by atoms with Crippen LogP contribution in [0.3, 0.4) is 0 Å². The van der Waals surface area contributed by atoms with Gasteiger partial charge in [0, 0.05) is 28.4 Å². The Hall–Kier alpha value is -0.720. The molecule has 1 saturated heterocycles. The van der Waals surface area contributed by atoms with Gasteiger partial charge in [0.25, 0.3) is 0 Å². The number of sulfone groups is 1. The summed E-state index contributed by atoms with van der Waals surface area (Å²) in [5.41, 5.74) is 0.783. The fourth-order valence-electron chi connectivity index (χ4n) is 2.10. The summed E-state index contributed by atoms with van der Waals surface area (Å²) in [4.78, 5) is 16.2. The van der Waals surface area contributed by atoms with Crippen molar-refractivity contribution in [2.24, 2.45) is 0 Å². The number of carbonyl (C=O) groups excluding carboxylic acids is 1. The second-order valence-electron chi connectivity index (χ2n) is 4.68. The van der Waals surface area contributed by atoms with Crippen LogP contribution in [0.25, 0.3) is 0 Å². The van der Waals surface area contributed by atoms with Crippen LogP contribution in [0.4, 0.5) is 0 Å². The molecule has 0 atom stereocenters. The molecule has 0 aliphatic carbocycles. The van der Waals surface area contributed by atoms with Crippen LogP contribution in [0.1, 0.15) is 20.1 Å². The van der Waals surface area contributed by atoms with Gasteiger partial charge in [0.1, 0.15) is 0 Å². The molecule has 1 aromatic rings. The molecule has 4 nitrogen and oxygen atoms in total. The molecule has 0 unspecified atom stereocenters. The van der Waals surface area contributed by atoms with E-state index in [0.717, 1.165) is 15.3 Å². The summed E-state index contributed by atoms with van der Waals surface area (Å²) in [7, 11) is -2.87. The van der Waals surface area contributed by atoms with Gasteiger partial charge >= 0.3 is 0 Å². The molecule has 0 spiro atoms. The van der Waals surface area contributed by atoms with E-state index in [1.165, 1.54) is 0 Å². The van der Waals surface area contributed by atoms with Crippen molar-refractivity contribution in [3.8, 4) is 0 Å². The van der Waals surface area contributed by atoms with Crippen LogP contribution in [0.2, 0.25) is 0 Å². The largest absolute Gasteiger partial charge is 0.294 e. The third kappa shape index (κ3) is 3.18. The van der Waals surface area contributed by atoms with Crippen molar-refractivity contribution in [3.05, 3.63) is 21.4 Å². The Balaban J connectivity index is 1.99. The summed E-state index contributed by atoms with van der Waals surface area (Å²) in [6, 6.07) is 1.92. The Morgan fingerprint density at radius 1 is 1.33 bits per heavy atom. The Labute approximate surface area is 112 Å². The molecule has 0 N–H and O–H groups in total. The topological polar surface area (TPSA) is 54.5 Å². The summed E-state index contributed by atoms with van der Waals surface area (Å²) >= 11 is 1.62. The summed E-state index contributed by atoms with van der Waals surface area (Å²) in [5.74, 6) is 0.431. The molecule has 1 aliphatic heterocycles. The first-order valence-corrected chi connectivity index (χ1v) is 8.54. The van der Waals surface area contributed by atoms with Gasteiger partial charge in [-0.05, 0) is 19.9 Å². The van der Waals surface area contributed by atoms with Crippen molar-refractivity contribution >= 4 is 27.0 Å². The zero-order valence-electron chi connectivity index (χ0n) is 10.6. The number of aryl methyl sites for hydroxylation is 2. The zero-order chi connectivity index (χ0) is 13.3. The maximum Gasteiger partial charge on any atom is 0.177 e. The predicted molar refractivity (Wildman–Crippen MR) is 73.2 cm³/mol. The third-order valence-electron chi connectivity index (χ3n) is 3.15. The number of thiophene rings is 1. The maximum absolute atomic E-state index is 12.1. The second kappa shape index (κ2) is 5.11. The van der Waals surface area contributed by atoms with Crippen molar-refractivity contribution in [2.45, 2.75) is 13.8 Å². The normalized spacial score (nSPS) is 19.9. The van der Waals surface area contributed by atoms with Crippen LogP contribution < -0.4 is 0 Å². The Morgan fingerprint density at radius 2 is 1.94 bits per heavy atom. The summed E-state index contributed by atoms with van der Waals surface area (Å²) in [6.07, 6.45) is 0. The van der Waals surface area contributed by atoms with Gasteiger partial charge < -0.3 is 0 Å². The SMILES string of the molecule is Cc1cc(C(=O)CN2CCS(=O)(=O)CC2)c(C)s1. The zero-order valence-corrected chi connectivity index (χ0v) is 12.2. The molecule has 18 heavy (non-hydrogen) atoms. The highest BCUT2D eigenvalue weighted by Gasteiger charge is 2.24. The minimum Gasteiger partial charge on any atom is -0.294 e. The van der Waals surface area contributed by atoms with E-state index < -0.39 is 9.84 Å². The lowest BCUT2D eigenvalue weighted by Crippen LogP contribution is -2.42. The van der Waals surface area contributed by atoms with Gasteiger partial charge in [0.2, 0.25) is 0 Å². The summed E-state index contributed by atoms with van der Waals surface area (Å²) in [5, 5.41) is 0. The standard InChI is InChI=1S/C12H17NO3S2/c1-9-7-11(10(2)17-9)12(14)8-13-3-5-18(15,16)6-4-13/h7H,3-6,8H2,1-2H3. The average Bonchev–Trinajstić information content (AvgIpc) is 2.61. The highest BCUT2D eigenvalue weighted by atomic mass is 32.2. The second-order valence-corrected chi connectivity index (χ2v) is 8.44. The lowest BCUT2D eigenvalue weighted by molar-refractivity contribution is 0.0936. The molecule has 6 heteroatoms. The monoisotopic (exact) mass is 287 g/mol. The van der Waals surface area contributed by atoms with Gasteiger partial charge in [-0.2, -0.15) is 0 Å². The van der Waals surface area contributed by atoms with Gasteiger partial charge in [-0.25, -0.2) is 8.42 Å². The molecule has 0 radical (unpaired) electrons. The van der Waals surface area contributed by atoms with Crippen LogP contribution in [-0.2, 0) is 9.84 Å². The molecular formula is C12H17NO3S2. The van der Waals surface area contributed by atoms with Gasteiger partial charge in [-0.1, -0.05) is 0 Å². The highest BCUT2D eigenvalue weighted by molar-refractivity contribution is 7.91. The Bertz CT molecular complexity index is 546. The van der Waals surface area contributed by atoms with Crippen LogP contribution in [0.5, 0.6) is 0 Å². The molecule has 2 heterocycles. The number of hydrogen-bond donors (Lipinski definition) is 0. The molecule has 1 fully saturated rings. The van der Waals surface area contributed by atoms with Crippen LogP contribution in [0.15, 0.2) is 6.07 Å². The number of hydrogen-bond acceptors (Lipinski definition) is 5. The molecule has 100 valence electrons. The van der Waals surface area contributed by atoms with Gasteiger partial charge in [0.15, 0.2) is 15.6 Å². The molecule has 0 aromatic carbocycles. The molecule has 1 aliphatic rings. The first-order valence-electron chi connectivity index (χ1n) is 5.90. The molecule has 0 bridgehead atoms. The fourth-order valence-corrected chi connectivity index (χ4v) is 4.32. The van der Waals surface area contributed by atoms with E-state index in [0.29, 0.717) is 19.6 Å². The number of carbonyl (C=O) groups is 1. The van der Waals surface area contributed by atoms with Crippen LogP contribution >= 0.6 is 11.3 Å². The minimum absolute atomic E-state index is 0.0937. The lowest BCUT2D eigenvalue weighted by Gasteiger charge is -2.25. The molecule has 1 aromatic heterocycles. The van der Waals surface area contributed by atoms with Gasteiger partial charge in [-0.15, -0.1) is 11.3 Å². The van der Waals surface area contributed by atoms with Crippen LogP contribution in [0, 0.1) is 13.8 Å². The predicted octanol–water partition coefficient (Wildman–Crippen LogP) is 1.28. The summed E-state index contributed by atoms with van der Waals surface area (Å²) in [6.45, 7) is 5.20. The quantitative estimate of drug-likeness (QED) is 0.786. The maximum atomic E-state index is 12.1.